The number of hydrogen-bond acceptors (Lipinski definition) is 4. The number of esters is 1. The van der Waals surface area contributed by atoms with Crippen LogP contribution in [0.5, 0.6) is 0 Å². The van der Waals surface area contributed by atoms with Gasteiger partial charge in [0.15, 0.2) is 0 Å². The molecular weight excluding hydrogens is 216 g/mol. The fourth-order valence-electron chi connectivity index (χ4n) is 3.78. The first-order valence-electron chi connectivity index (χ1n) is 6.85. The molecule has 0 aromatic rings. The molecule has 0 saturated carbocycles. The lowest BCUT2D eigenvalue weighted by Gasteiger charge is -2.41. The van der Waals surface area contributed by atoms with Gasteiger partial charge < -0.3 is 9.64 Å². The fourth-order valence-corrected chi connectivity index (χ4v) is 3.78. The molecule has 0 N–H and O–H groups in total. The fraction of sp³-hybridized carbons (Fsp3) is 0.923. The topological polar surface area (TPSA) is 32.8 Å². The minimum atomic E-state index is -0.236. The summed E-state index contributed by atoms with van der Waals surface area (Å²) in [6, 6.07) is 0.597. The number of cyclic esters (lactones) is 1. The Morgan fingerprint density at radius 1 is 1.24 bits per heavy atom. The first kappa shape index (κ1) is 11.5. The van der Waals surface area contributed by atoms with Gasteiger partial charge in [0.2, 0.25) is 0 Å². The van der Waals surface area contributed by atoms with Crippen molar-refractivity contribution in [3.05, 3.63) is 0 Å². The summed E-state index contributed by atoms with van der Waals surface area (Å²) in [6.45, 7) is 4.03. The number of nitrogens with zero attached hydrogens (tertiary/aromatic N) is 2. The monoisotopic (exact) mass is 238 g/mol. The molecule has 3 aliphatic rings. The number of rotatable bonds is 1. The summed E-state index contributed by atoms with van der Waals surface area (Å²) in [6.07, 6.45) is 5.48. The Labute approximate surface area is 103 Å². The molecule has 4 heteroatoms. The minimum Gasteiger partial charge on any atom is -0.464 e. The van der Waals surface area contributed by atoms with Gasteiger partial charge in [-0.3, -0.25) is 9.69 Å². The van der Waals surface area contributed by atoms with Gasteiger partial charge in [0.05, 0.1) is 6.61 Å². The van der Waals surface area contributed by atoms with E-state index in [4.69, 9.17) is 4.74 Å². The smallest absolute Gasteiger partial charge is 0.326 e. The molecule has 1 atom stereocenters. The number of carbonyl (C=O) groups excluding carboxylic acids is 1. The highest BCUT2D eigenvalue weighted by molar-refractivity contribution is 5.83. The predicted molar refractivity (Wildman–Crippen MR) is 64.8 cm³/mol. The summed E-state index contributed by atoms with van der Waals surface area (Å²) >= 11 is 0. The first-order chi connectivity index (χ1) is 8.22. The van der Waals surface area contributed by atoms with E-state index in [1.807, 2.05) is 0 Å². The quantitative estimate of drug-likeness (QED) is 0.634. The summed E-state index contributed by atoms with van der Waals surface area (Å²) in [5.41, 5.74) is -0.236. The van der Waals surface area contributed by atoms with Crippen LogP contribution in [0.1, 0.15) is 32.1 Å². The van der Waals surface area contributed by atoms with Crippen molar-refractivity contribution in [2.45, 2.75) is 43.7 Å². The van der Waals surface area contributed by atoms with Gasteiger partial charge in [0.25, 0.3) is 0 Å². The zero-order valence-electron chi connectivity index (χ0n) is 10.7. The largest absolute Gasteiger partial charge is 0.464 e. The molecule has 3 saturated heterocycles. The molecule has 1 unspecified atom stereocenters. The van der Waals surface area contributed by atoms with Gasteiger partial charge >= 0.3 is 5.97 Å². The van der Waals surface area contributed by atoms with Gasteiger partial charge in [-0.05, 0) is 52.4 Å². The van der Waals surface area contributed by atoms with E-state index in [9.17, 15) is 4.79 Å². The number of carbonyl (C=O) groups is 1. The summed E-state index contributed by atoms with van der Waals surface area (Å²) in [5, 5.41) is 0. The molecule has 17 heavy (non-hydrogen) atoms. The highest BCUT2D eigenvalue weighted by Crippen LogP contribution is 2.40. The Hall–Kier alpha value is -0.610. The lowest BCUT2D eigenvalue weighted by Crippen LogP contribution is -2.55. The van der Waals surface area contributed by atoms with Crippen LogP contribution in [0.3, 0.4) is 0 Å². The van der Waals surface area contributed by atoms with Crippen molar-refractivity contribution < 1.29 is 9.53 Å². The molecule has 0 radical (unpaired) electrons. The van der Waals surface area contributed by atoms with Gasteiger partial charge in [-0.25, -0.2) is 0 Å². The second-order valence-corrected chi connectivity index (χ2v) is 5.75. The summed E-state index contributed by atoms with van der Waals surface area (Å²) in [7, 11) is 2.18. The minimum absolute atomic E-state index is 0.0499. The molecular formula is C13H22N2O2. The third-order valence-electron chi connectivity index (χ3n) is 4.80. The third kappa shape index (κ3) is 1.78. The van der Waals surface area contributed by atoms with Crippen LogP contribution in [-0.2, 0) is 9.53 Å². The van der Waals surface area contributed by atoms with Crippen molar-refractivity contribution in [2.24, 2.45) is 0 Å². The lowest BCUT2D eigenvalue weighted by molar-refractivity contribution is -0.148. The van der Waals surface area contributed by atoms with Gasteiger partial charge in [0, 0.05) is 12.5 Å². The van der Waals surface area contributed by atoms with Crippen molar-refractivity contribution in [3.8, 4) is 0 Å². The van der Waals surface area contributed by atoms with Crippen LogP contribution in [0.15, 0.2) is 0 Å². The van der Waals surface area contributed by atoms with E-state index in [-0.39, 0.29) is 11.5 Å². The standard InChI is InChI=1S/C13H22N2O2/c1-14-8-3-11(4-9-14)15-7-2-5-13(15)6-10-17-12(13)16/h11H,2-10H2,1H3. The maximum Gasteiger partial charge on any atom is 0.326 e. The average molecular weight is 238 g/mol. The van der Waals surface area contributed by atoms with E-state index in [0.717, 1.165) is 38.9 Å². The van der Waals surface area contributed by atoms with E-state index >= 15 is 0 Å². The van der Waals surface area contributed by atoms with E-state index < -0.39 is 0 Å². The van der Waals surface area contributed by atoms with E-state index in [1.165, 1.54) is 12.8 Å². The molecule has 3 heterocycles. The van der Waals surface area contributed by atoms with Crippen molar-refractivity contribution in [1.82, 2.24) is 9.80 Å². The zero-order chi connectivity index (χ0) is 11.9. The second kappa shape index (κ2) is 4.25. The van der Waals surface area contributed by atoms with Crippen LogP contribution in [0.4, 0.5) is 0 Å². The van der Waals surface area contributed by atoms with Crippen LogP contribution in [0.25, 0.3) is 0 Å². The van der Waals surface area contributed by atoms with Gasteiger partial charge in [0.1, 0.15) is 5.54 Å². The summed E-state index contributed by atoms with van der Waals surface area (Å²) in [5.74, 6) is 0.0499. The zero-order valence-corrected chi connectivity index (χ0v) is 10.7. The van der Waals surface area contributed by atoms with E-state index in [2.05, 4.69) is 16.8 Å². The number of piperidine rings is 1. The summed E-state index contributed by atoms with van der Waals surface area (Å²) < 4.78 is 5.24. The maximum absolute atomic E-state index is 12.0. The Bertz CT molecular complexity index is 309. The molecule has 0 aromatic carbocycles. The van der Waals surface area contributed by atoms with Crippen molar-refractivity contribution in [2.75, 3.05) is 33.3 Å². The van der Waals surface area contributed by atoms with Crippen LogP contribution >= 0.6 is 0 Å². The second-order valence-electron chi connectivity index (χ2n) is 5.75. The van der Waals surface area contributed by atoms with Gasteiger partial charge in [-0.1, -0.05) is 0 Å². The van der Waals surface area contributed by atoms with E-state index in [1.54, 1.807) is 0 Å². The van der Waals surface area contributed by atoms with Crippen LogP contribution in [0, 0.1) is 0 Å². The Balaban J connectivity index is 1.75. The van der Waals surface area contributed by atoms with Crippen LogP contribution < -0.4 is 0 Å². The van der Waals surface area contributed by atoms with E-state index in [0.29, 0.717) is 12.6 Å². The van der Waals surface area contributed by atoms with Crippen molar-refractivity contribution >= 4 is 5.97 Å². The molecule has 4 nitrogen and oxygen atoms in total. The molecule has 0 amide bonds. The number of likely N-dealkylation sites (tertiary alicyclic amines) is 2. The summed E-state index contributed by atoms with van der Waals surface area (Å²) in [4.78, 5) is 16.9. The molecule has 0 bridgehead atoms. The highest BCUT2D eigenvalue weighted by Gasteiger charge is 2.53. The first-order valence-corrected chi connectivity index (χ1v) is 6.85. The Morgan fingerprint density at radius 3 is 2.65 bits per heavy atom. The normalized spacial score (nSPS) is 36.9. The average Bonchev–Trinajstić information content (AvgIpc) is 2.90. The molecule has 1 spiro atoms. The van der Waals surface area contributed by atoms with Gasteiger partial charge in [-0.15, -0.1) is 0 Å². The van der Waals surface area contributed by atoms with Crippen LogP contribution in [0.2, 0.25) is 0 Å². The SMILES string of the molecule is CN1CCC(N2CCCC23CCOC3=O)CC1. The lowest BCUT2D eigenvalue weighted by atomic mass is 9.91. The molecule has 3 aliphatic heterocycles. The maximum atomic E-state index is 12.0. The number of ether oxygens (including phenoxy) is 1. The molecule has 3 fully saturated rings. The third-order valence-corrected chi connectivity index (χ3v) is 4.80. The van der Waals surface area contributed by atoms with Crippen LogP contribution in [-0.4, -0.2) is 60.6 Å². The Kier molecular flexibility index (Phi) is 2.87. The van der Waals surface area contributed by atoms with Gasteiger partial charge in [-0.2, -0.15) is 0 Å². The number of hydrogen-bond donors (Lipinski definition) is 0. The molecule has 0 aromatic heterocycles. The van der Waals surface area contributed by atoms with Crippen molar-refractivity contribution in [3.63, 3.8) is 0 Å². The Morgan fingerprint density at radius 2 is 2.00 bits per heavy atom. The predicted octanol–water partition coefficient (Wildman–Crippen LogP) is 0.862. The van der Waals surface area contributed by atoms with Crippen molar-refractivity contribution in [1.29, 1.82) is 0 Å². The molecule has 0 aliphatic carbocycles. The highest BCUT2D eigenvalue weighted by atomic mass is 16.5. The molecule has 96 valence electrons. The molecule has 3 rings (SSSR count).